The number of hydrogen-bond donors (Lipinski definition) is 9. The number of aromatic amines is 3. The van der Waals surface area contributed by atoms with E-state index >= 15 is 0 Å². The molecule has 3 aromatic carbocycles. The number of amides is 3. The van der Waals surface area contributed by atoms with Crippen LogP contribution in [0.3, 0.4) is 0 Å². The summed E-state index contributed by atoms with van der Waals surface area (Å²) in [6.07, 6.45) is 19.3. The molecule has 1 unspecified atom stereocenters. The van der Waals surface area contributed by atoms with Crippen molar-refractivity contribution in [3.63, 3.8) is 0 Å². The largest absolute Gasteiger partial charge is 0.488 e. The molecule has 6 saturated heterocycles. The predicted octanol–water partition coefficient (Wildman–Crippen LogP) is 8.17. The molecule has 110 heavy (non-hydrogen) atoms. The van der Waals surface area contributed by atoms with Crippen LogP contribution in [0.5, 0.6) is 5.75 Å². The van der Waals surface area contributed by atoms with Crippen LogP contribution in [0.1, 0.15) is 153 Å². The lowest BCUT2D eigenvalue weighted by molar-refractivity contribution is -0.124. The molecule has 7 aromatic heterocycles. The fourth-order valence-electron chi connectivity index (χ4n) is 15.5. The third-order valence-electron chi connectivity index (χ3n) is 21.6. The maximum Gasteiger partial charge on any atom is 0.274 e. The summed E-state index contributed by atoms with van der Waals surface area (Å²) in [6, 6.07) is 27.7. The zero-order valence-electron chi connectivity index (χ0n) is 60.9. The Morgan fingerprint density at radius 3 is 1.53 bits per heavy atom. The molecule has 10 aromatic rings. The van der Waals surface area contributed by atoms with E-state index in [2.05, 4.69) is 93.0 Å². The Bertz CT molecular complexity index is 4870. The number of carbonyl (C=O) groups is 3. The molecular weight excluding hydrogens is 1410 g/mol. The van der Waals surface area contributed by atoms with E-state index in [1.165, 1.54) is 23.8 Å². The fraction of sp³-hybridized carbons (Fsp3) is 0.418. The normalized spacial score (nSPS) is 20.1. The molecule has 9 N–H and O–H groups in total. The summed E-state index contributed by atoms with van der Waals surface area (Å²) in [6.45, 7) is 17.1. The smallest absolute Gasteiger partial charge is 0.274 e. The Balaban J connectivity index is 0.000000145. The third kappa shape index (κ3) is 17.9. The Hall–Kier alpha value is -10.7. The number of nitrogens with zero attached hydrogens (tertiary/aromatic N) is 12. The van der Waals surface area contributed by atoms with Crippen molar-refractivity contribution in [2.45, 2.75) is 122 Å². The number of hydroxylamine groups is 3. The van der Waals surface area contributed by atoms with Gasteiger partial charge in [0.05, 0.1) is 71.1 Å². The molecule has 5 atom stereocenters. The van der Waals surface area contributed by atoms with Crippen molar-refractivity contribution in [1.82, 2.24) is 90.4 Å². The lowest BCUT2D eigenvalue weighted by atomic mass is 9.94. The summed E-state index contributed by atoms with van der Waals surface area (Å²) in [5, 5.41) is 41.3. The van der Waals surface area contributed by atoms with Gasteiger partial charge in [-0.3, -0.25) is 68.5 Å². The van der Waals surface area contributed by atoms with Crippen LogP contribution in [-0.2, 0) is 36.9 Å². The highest BCUT2D eigenvalue weighted by Crippen LogP contribution is 2.37. The molecule has 0 aliphatic carbocycles. The summed E-state index contributed by atoms with van der Waals surface area (Å²) in [4.78, 5) is 102. The van der Waals surface area contributed by atoms with Gasteiger partial charge in [-0.1, -0.05) is 69.8 Å². The number of hydrogen-bond acceptors (Lipinski definition) is 22. The zero-order chi connectivity index (χ0) is 75.7. The first-order valence-electron chi connectivity index (χ1n) is 37.1. The van der Waals surface area contributed by atoms with E-state index in [1.807, 2.05) is 69.5 Å². The van der Waals surface area contributed by atoms with Crippen LogP contribution >= 0.6 is 0 Å². The van der Waals surface area contributed by atoms with Crippen molar-refractivity contribution in [1.29, 1.82) is 0 Å². The Kier molecular flexibility index (Phi) is 24.8. The van der Waals surface area contributed by atoms with E-state index in [0.717, 1.165) is 142 Å². The van der Waals surface area contributed by atoms with Gasteiger partial charge < -0.3 is 33.9 Å². The van der Waals surface area contributed by atoms with E-state index in [-0.39, 0.29) is 66.2 Å². The van der Waals surface area contributed by atoms with Gasteiger partial charge in [-0.25, -0.2) is 36.1 Å². The highest BCUT2D eigenvalue weighted by Gasteiger charge is 2.37. The molecule has 6 fully saturated rings. The minimum Gasteiger partial charge on any atom is -0.488 e. The third-order valence-corrected chi connectivity index (χ3v) is 21.6. The lowest BCUT2D eigenvalue weighted by Crippen LogP contribution is -2.54. The number of ether oxygens (including phenoxy) is 4. The van der Waals surface area contributed by atoms with Crippen molar-refractivity contribution in [3.8, 4) is 16.9 Å². The summed E-state index contributed by atoms with van der Waals surface area (Å²) in [5.41, 5.74) is 13.9. The van der Waals surface area contributed by atoms with Crippen LogP contribution in [-0.4, -0.2) is 192 Å². The van der Waals surface area contributed by atoms with Crippen molar-refractivity contribution in [3.05, 3.63) is 204 Å². The maximum atomic E-state index is 12.9. The SMILES string of the molecule is C.CC(c1nc2c(cnn2C2CCOCC2)c(=O)[nH]1)N1CC(Oc2ccc(-c3ccc(C(=O)NO)cc3)cc2)C1.C[C@@H]1CN(Cc2ccc(/C=C/C(=O)NO)cc2)C[C@H]1c1cc2c(cnn2C2CCOCC2)c(=O)[nH]1.C[C@@H]1CN(Cc2ncc(/C=C/C(=O)NO)cn2)C[C@H]1c1cc2c(cnn2C2CCOCC2)c(=O)[nH]1. The average molecular weight is 1500 g/mol. The molecule has 16 rings (SSSR count). The van der Waals surface area contributed by atoms with Gasteiger partial charge in [0.2, 0.25) is 0 Å². The van der Waals surface area contributed by atoms with Gasteiger partial charge in [0.15, 0.2) is 5.65 Å². The number of nitrogens with one attached hydrogen (secondary N) is 6. The van der Waals surface area contributed by atoms with Gasteiger partial charge in [0.1, 0.15) is 28.9 Å². The molecule has 0 bridgehead atoms. The minimum absolute atomic E-state index is 0. The van der Waals surface area contributed by atoms with Gasteiger partial charge in [0, 0.05) is 144 Å². The second-order valence-corrected chi connectivity index (χ2v) is 29.0. The van der Waals surface area contributed by atoms with Gasteiger partial charge >= 0.3 is 0 Å². The number of H-pyrrole nitrogens is 3. The number of fused-ring (bicyclic) bond motifs is 3. The van der Waals surface area contributed by atoms with Crippen molar-refractivity contribution in [2.24, 2.45) is 11.8 Å². The highest BCUT2D eigenvalue weighted by atomic mass is 16.5. The van der Waals surface area contributed by atoms with Gasteiger partial charge in [-0.2, -0.15) is 15.3 Å². The first-order valence-corrected chi connectivity index (χ1v) is 37.1. The van der Waals surface area contributed by atoms with E-state index in [1.54, 1.807) is 65.6 Å². The monoisotopic (exact) mass is 1500 g/mol. The van der Waals surface area contributed by atoms with Crippen molar-refractivity contribution in [2.75, 3.05) is 78.9 Å². The van der Waals surface area contributed by atoms with Crippen molar-refractivity contribution < 1.29 is 49.0 Å². The number of benzene rings is 3. The maximum absolute atomic E-state index is 12.9. The lowest BCUT2D eigenvalue weighted by Gasteiger charge is -2.42. The average Bonchev–Trinajstić information content (AvgIpc) is 1.59. The molecule has 31 heteroatoms. The van der Waals surface area contributed by atoms with Crippen LogP contribution in [0.2, 0.25) is 0 Å². The second-order valence-electron chi connectivity index (χ2n) is 29.0. The molecule has 6 aliphatic heterocycles. The molecule has 3 amide bonds. The predicted molar refractivity (Wildman–Crippen MR) is 409 cm³/mol. The van der Waals surface area contributed by atoms with E-state index < -0.39 is 17.7 Å². The number of pyridine rings is 2. The molecule has 6 aliphatic rings. The highest BCUT2D eigenvalue weighted by molar-refractivity contribution is 5.94. The van der Waals surface area contributed by atoms with Crippen molar-refractivity contribution >= 4 is 62.7 Å². The second kappa shape index (κ2) is 35.3. The van der Waals surface area contributed by atoms with Gasteiger partial charge in [-0.05, 0) is 128 Å². The molecule has 0 saturated carbocycles. The minimum atomic E-state index is -0.613. The number of aromatic nitrogens is 12. The Labute approximate surface area is 633 Å². The van der Waals surface area contributed by atoms with Gasteiger partial charge in [-0.15, -0.1) is 0 Å². The van der Waals surface area contributed by atoms with Crippen LogP contribution in [0.25, 0.3) is 56.1 Å². The Morgan fingerprint density at radius 2 is 1.02 bits per heavy atom. The first-order chi connectivity index (χ1) is 53.0. The van der Waals surface area contributed by atoms with E-state index in [9.17, 15) is 28.8 Å². The molecule has 0 radical (unpaired) electrons. The quantitative estimate of drug-likeness (QED) is 0.0209. The van der Waals surface area contributed by atoms with Crippen LogP contribution in [0, 0.1) is 11.8 Å². The topological polar surface area (TPSA) is 385 Å². The summed E-state index contributed by atoms with van der Waals surface area (Å²) >= 11 is 0. The molecule has 13 heterocycles. The van der Waals surface area contributed by atoms with E-state index in [0.29, 0.717) is 89.4 Å². The van der Waals surface area contributed by atoms with Gasteiger partial charge in [0.25, 0.3) is 34.4 Å². The zero-order valence-corrected chi connectivity index (χ0v) is 60.9. The van der Waals surface area contributed by atoms with E-state index in [4.69, 9.17) is 39.6 Å². The Morgan fingerprint density at radius 1 is 0.555 bits per heavy atom. The van der Waals surface area contributed by atoms with Crippen LogP contribution in [0.4, 0.5) is 0 Å². The molecule has 0 spiro atoms. The summed E-state index contributed by atoms with van der Waals surface area (Å²) < 4.78 is 28.5. The summed E-state index contributed by atoms with van der Waals surface area (Å²) in [5.74, 6) is 1.56. The molecule has 578 valence electrons. The van der Waals surface area contributed by atoms with Crippen LogP contribution in [0.15, 0.2) is 142 Å². The first kappa shape index (κ1) is 77.4. The standard InChI is InChI=1S/C28H30N6O5.C26H31N5O4.C24H29N7O4.CH4/c1-17(25-30-26-24(28(36)31-25)14-29-34(26)21-10-12-38-13-11-21)33-15-23(16-33)39-22-8-6-19(7-9-22)18-2-4-20(5-3-18)27(35)32-37;1-17-14-30(15-19-4-2-18(3-5-19)6-7-25(32)29-34)16-22(17)23-12-24-21(26(33)28-23)13-27-31(24)20-8-10-35-11-9-20;1-15-12-30(14-22-25-9-16(10-26-22)2-3-23(32)29-34)13-19(15)20-8-21-18(24(33)28-20)11-27-31(21)17-4-6-35-7-5-17;/h2-9,14,17,21,23,37H,10-13,15-16H2,1H3,(H,32,35)(H,30,31,36);2-7,12-13,17,20,22,34H,8-11,14-16H2,1H3,(H,28,33)(H,29,32);2-3,8-11,15,17,19,34H,4-7,12-14H2,1H3,(H,28,33)(H,29,32);1H4/b;7-6+;3-2+;/t;17-,22-;15-,19-;/m.11./s1. The molecule has 31 nitrogen and oxygen atoms in total. The fourth-order valence-corrected chi connectivity index (χ4v) is 15.5. The number of rotatable bonds is 19. The number of likely N-dealkylation sites (tertiary alicyclic amines) is 3. The van der Waals surface area contributed by atoms with Crippen LogP contribution < -0.4 is 37.9 Å². The number of carbonyl (C=O) groups excluding carboxylic acids is 3. The molecular formula is C79H94N18O13. The summed E-state index contributed by atoms with van der Waals surface area (Å²) in [7, 11) is 0.